The normalized spacial score (nSPS) is 25.6. The van der Waals surface area contributed by atoms with Gasteiger partial charge in [-0.2, -0.15) is 0 Å². The van der Waals surface area contributed by atoms with E-state index in [-0.39, 0.29) is 17.9 Å². The second-order valence-electron chi connectivity index (χ2n) is 5.84. The number of carbonyl (C=O) groups is 1. The lowest BCUT2D eigenvalue weighted by Crippen LogP contribution is -2.46. The van der Waals surface area contributed by atoms with E-state index in [4.69, 9.17) is 10.7 Å². The Bertz CT molecular complexity index is 543. The van der Waals surface area contributed by atoms with Gasteiger partial charge in [-0.3, -0.25) is 4.79 Å². The molecule has 3 N–H and O–H groups in total. The fraction of sp³-hybridized carbons (Fsp3) is 0.600. The molecular weight excluding hydrogens is 252 g/mol. The number of rotatable bonds is 2. The first kappa shape index (κ1) is 13.4. The first-order chi connectivity index (χ1) is 9.61. The van der Waals surface area contributed by atoms with Crippen LogP contribution in [0.25, 0.3) is 0 Å². The smallest absolute Gasteiger partial charge is 0.225 e. The van der Waals surface area contributed by atoms with Gasteiger partial charge in [0.15, 0.2) is 0 Å². The highest BCUT2D eigenvalue weighted by Gasteiger charge is 2.41. The summed E-state index contributed by atoms with van der Waals surface area (Å²) in [6.07, 6.45) is 2.02. The maximum Gasteiger partial charge on any atom is 0.225 e. The Morgan fingerprint density at radius 2 is 2.30 bits per heavy atom. The Morgan fingerprint density at radius 1 is 1.50 bits per heavy atom. The molecular formula is C15H22N4O. The molecule has 5 heteroatoms. The third-order valence-corrected chi connectivity index (χ3v) is 4.53. The Balaban J connectivity index is 2.02. The number of hydrogen-bond acceptors (Lipinski definition) is 4. The number of hydrogen-bond donors (Lipinski definition) is 2. The molecule has 2 aliphatic heterocycles. The van der Waals surface area contributed by atoms with Crippen molar-refractivity contribution >= 4 is 11.7 Å². The van der Waals surface area contributed by atoms with Crippen molar-refractivity contribution in [3.05, 3.63) is 22.9 Å². The summed E-state index contributed by atoms with van der Waals surface area (Å²) in [6, 6.07) is 2.31. The summed E-state index contributed by atoms with van der Waals surface area (Å²) in [5, 5.41) is 2.99. The lowest BCUT2D eigenvalue weighted by molar-refractivity contribution is -0.122. The Hall–Kier alpha value is -1.62. The van der Waals surface area contributed by atoms with Gasteiger partial charge in [0.2, 0.25) is 5.91 Å². The molecule has 0 saturated carbocycles. The number of fused-ring (bicyclic) bond motifs is 1. The SMILES string of the molecule is Cc1cc(C)c(CN)c(N2CCCC3C(=O)NCC32)n1. The van der Waals surface area contributed by atoms with Gasteiger partial charge in [0, 0.05) is 30.9 Å². The van der Waals surface area contributed by atoms with Gasteiger partial charge in [0.1, 0.15) is 5.82 Å². The van der Waals surface area contributed by atoms with Crippen molar-refractivity contribution < 1.29 is 4.79 Å². The molecule has 3 rings (SSSR count). The van der Waals surface area contributed by atoms with E-state index in [1.165, 1.54) is 5.56 Å². The molecule has 1 aromatic heterocycles. The molecule has 2 fully saturated rings. The van der Waals surface area contributed by atoms with Crippen molar-refractivity contribution in [2.24, 2.45) is 11.7 Å². The maximum atomic E-state index is 11.9. The minimum Gasteiger partial charge on any atom is -0.354 e. The largest absolute Gasteiger partial charge is 0.354 e. The number of amides is 1. The van der Waals surface area contributed by atoms with Gasteiger partial charge >= 0.3 is 0 Å². The summed E-state index contributed by atoms with van der Waals surface area (Å²) >= 11 is 0. The van der Waals surface area contributed by atoms with Gasteiger partial charge in [0.05, 0.1) is 12.0 Å². The number of carbonyl (C=O) groups excluding carboxylic acids is 1. The zero-order chi connectivity index (χ0) is 14.3. The van der Waals surface area contributed by atoms with Gasteiger partial charge < -0.3 is 16.0 Å². The molecule has 108 valence electrons. The quantitative estimate of drug-likeness (QED) is 0.839. The van der Waals surface area contributed by atoms with Crippen LogP contribution in [0.15, 0.2) is 6.07 Å². The summed E-state index contributed by atoms with van der Waals surface area (Å²) in [6.45, 7) is 6.26. The first-order valence-corrected chi connectivity index (χ1v) is 7.33. The van der Waals surface area contributed by atoms with E-state index in [1.54, 1.807) is 0 Å². The molecule has 2 aliphatic rings. The van der Waals surface area contributed by atoms with Crippen LogP contribution in [0.3, 0.4) is 0 Å². The molecule has 0 bridgehead atoms. The Morgan fingerprint density at radius 3 is 3.05 bits per heavy atom. The molecule has 3 heterocycles. The number of nitrogens with two attached hydrogens (primary N) is 1. The molecule has 0 aromatic carbocycles. The summed E-state index contributed by atoms with van der Waals surface area (Å²) in [5.74, 6) is 1.28. The van der Waals surface area contributed by atoms with E-state index in [0.29, 0.717) is 6.54 Å². The third kappa shape index (κ3) is 2.06. The second-order valence-corrected chi connectivity index (χ2v) is 5.84. The summed E-state index contributed by atoms with van der Waals surface area (Å²) in [7, 11) is 0. The molecule has 5 nitrogen and oxygen atoms in total. The maximum absolute atomic E-state index is 11.9. The van der Waals surface area contributed by atoms with Crippen LogP contribution in [0.2, 0.25) is 0 Å². The highest BCUT2D eigenvalue weighted by atomic mass is 16.2. The first-order valence-electron chi connectivity index (χ1n) is 7.33. The van der Waals surface area contributed by atoms with E-state index in [2.05, 4.69) is 23.2 Å². The summed E-state index contributed by atoms with van der Waals surface area (Å²) in [5.41, 5.74) is 9.23. The molecule has 0 radical (unpaired) electrons. The predicted molar refractivity (Wildman–Crippen MR) is 78.5 cm³/mol. The van der Waals surface area contributed by atoms with Crippen LogP contribution in [0, 0.1) is 19.8 Å². The molecule has 20 heavy (non-hydrogen) atoms. The lowest BCUT2D eigenvalue weighted by Gasteiger charge is -2.38. The number of nitrogens with one attached hydrogen (secondary N) is 1. The minimum atomic E-state index is 0.108. The van der Waals surface area contributed by atoms with Crippen LogP contribution < -0.4 is 16.0 Å². The highest BCUT2D eigenvalue weighted by Crippen LogP contribution is 2.33. The molecule has 2 saturated heterocycles. The number of nitrogens with zero attached hydrogens (tertiary/aromatic N) is 2. The van der Waals surface area contributed by atoms with Gasteiger partial charge in [-0.15, -0.1) is 0 Å². The van der Waals surface area contributed by atoms with E-state index in [9.17, 15) is 4.79 Å². The number of anilines is 1. The van der Waals surface area contributed by atoms with Crippen LogP contribution >= 0.6 is 0 Å². The van der Waals surface area contributed by atoms with Crippen LogP contribution in [0.5, 0.6) is 0 Å². The number of aromatic nitrogens is 1. The topological polar surface area (TPSA) is 71.2 Å². The van der Waals surface area contributed by atoms with Crippen LogP contribution in [0.4, 0.5) is 5.82 Å². The molecule has 0 aliphatic carbocycles. The van der Waals surface area contributed by atoms with Gasteiger partial charge in [-0.05, 0) is 38.3 Å². The summed E-state index contributed by atoms with van der Waals surface area (Å²) < 4.78 is 0. The van der Waals surface area contributed by atoms with Crippen LogP contribution in [-0.2, 0) is 11.3 Å². The van der Waals surface area contributed by atoms with Gasteiger partial charge in [-0.25, -0.2) is 4.98 Å². The van der Waals surface area contributed by atoms with Crippen molar-refractivity contribution in [2.45, 2.75) is 39.3 Å². The fourth-order valence-corrected chi connectivity index (χ4v) is 3.55. The average molecular weight is 274 g/mol. The lowest BCUT2D eigenvalue weighted by atomic mass is 9.91. The number of aryl methyl sites for hydroxylation is 2. The van der Waals surface area contributed by atoms with Gasteiger partial charge in [-0.1, -0.05) is 0 Å². The number of piperidine rings is 1. The second kappa shape index (κ2) is 5.05. The Labute approximate surface area is 119 Å². The van der Waals surface area contributed by atoms with Crippen molar-refractivity contribution in [2.75, 3.05) is 18.0 Å². The van der Waals surface area contributed by atoms with E-state index in [0.717, 1.165) is 43.0 Å². The molecule has 2 atom stereocenters. The molecule has 2 unspecified atom stereocenters. The highest BCUT2D eigenvalue weighted by molar-refractivity contribution is 5.83. The van der Waals surface area contributed by atoms with Crippen molar-refractivity contribution in [1.82, 2.24) is 10.3 Å². The standard InChI is InChI=1S/C15H22N4O/c1-9-6-10(2)18-14(12(9)7-16)19-5-3-4-11-13(19)8-17-15(11)20/h6,11,13H,3-5,7-8,16H2,1-2H3,(H,17,20). The molecule has 0 spiro atoms. The third-order valence-electron chi connectivity index (χ3n) is 4.53. The van der Waals surface area contributed by atoms with Crippen molar-refractivity contribution in [3.63, 3.8) is 0 Å². The zero-order valence-corrected chi connectivity index (χ0v) is 12.1. The predicted octanol–water partition coefficient (Wildman–Crippen LogP) is 0.872. The minimum absolute atomic E-state index is 0.108. The monoisotopic (exact) mass is 274 g/mol. The zero-order valence-electron chi connectivity index (χ0n) is 12.1. The van der Waals surface area contributed by atoms with Crippen molar-refractivity contribution in [3.8, 4) is 0 Å². The number of pyridine rings is 1. The molecule has 1 amide bonds. The average Bonchev–Trinajstić information content (AvgIpc) is 2.80. The van der Waals surface area contributed by atoms with E-state index >= 15 is 0 Å². The van der Waals surface area contributed by atoms with E-state index < -0.39 is 0 Å². The summed E-state index contributed by atoms with van der Waals surface area (Å²) in [4.78, 5) is 18.9. The van der Waals surface area contributed by atoms with Crippen LogP contribution in [-0.4, -0.2) is 30.0 Å². The molecule has 1 aromatic rings. The Kier molecular flexibility index (Phi) is 3.38. The van der Waals surface area contributed by atoms with Crippen LogP contribution in [0.1, 0.15) is 29.7 Å². The van der Waals surface area contributed by atoms with E-state index in [1.807, 2.05) is 6.92 Å². The van der Waals surface area contributed by atoms with Gasteiger partial charge in [0.25, 0.3) is 0 Å². The fourth-order valence-electron chi connectivity index (χ4n) is 3.55. The van der Waals surface area contributed by atoms with Crippen molar-refractivity contribution in [1.29, 1.82) is 0 Å².